The first-order valence-corrected chi connectivity index (χ1v) is 6.69. The number of hydrogen-bond acceptors (Lipinski definition) is 5. The summed E-state index contributed by atoms with van der Waals surface area (Å²) in [6.07, 6.45) is 0. The van der Waals surface area contributed by atoms with Crippen LogP contribution in [0.4, 0.5) is 5.82 Å². The maximum Gasteiger partial charge on any atom is 0.170 e. The Labute approximate surface area is 131 Å². The average molecular weight is 309 g/mol. The van der Waals surface area contributed by atoms with Crippen molar-refractivity contribution in [2.45, 2.75) is 6.92 Å². The number of pyridine rings is 1. The summed E-state index contributed by atoms with van der Waals surface area (Å²) < 4.78 is 1.47. The van der Waals surface area contributed by atoms with Crippen molar-refractivity contribution in [3.8, 4) is 17.8 Å². The third kappa shape index (κ3) is 1.95. The van der Waals surface area contributed by atoms with E-state index in [1.54, 1.807) is 31.2 Å². The lowest BCUT2D eigenvalue weighted by molar-refractivity contribution is 0.879. The first-order chi connectivity index (χ1) is 10.6. The van der Waals surface area contributed by atoms with Gasteiger partial charge < -0.3 is 5.73 Å². The van der Waals surface area contributed by atoms with E-state index in [1.165, 1.54) is 4.68 Å². The molecule has 0 radical (unpaired) electrons. The lowest BCUT2D eigenvalue weighted by Crippen LogP contribution is -1.99. The number of hydrogen-bond donors (Lipinski definition) is 1. The van der Waals surface area contributed by atoms with Crippen molar-refractivity contribution in [2.24, 2.45) is 0 Å². The summed E-state index contributed by atoms with van der Waals surface area (Å²) >= 11 is 5.88. The zero-order chi connectivity index (χ0) is 15.9. The van der Waals surface area contributed by atoms with Crippen molar-refractivity contribution in [3.63, 3.8) is 0 Å². The minimum absolute atomic E-state index is 0.0969. The van der Waals surface area contributed by atoms with Crippen LogP contribution < -0.4 is 5.73 Å². The number of nitrogens with two attached hydrogens (primary N) is 1. The zero-order valence-electron chi connectivity index (χ0n) is 11.5. The molecule has 2 N–H and O–H groups in total. The van der Waals surface area contributed by atoms with Crippen LogP contribution in [0, 0.1) is 29.6 Å². The first kappa shape index (κ1) is 13.9. The molecule has 0 aliphatic carbocycles. The van der Waals surface area contributed by atoms with E-state index in [0.717, 1.165) is 0 Å². The number of fused-ring (bicyclic) bond motifs is 1. The number of rotatable bonds is 1. The van der Waals surface area contributed by atoms with Gasteiger partial charge in [-0.1, -0.05) is 11.6 Å². The van der Waals surface area contributed by atoms with Crippen LogP contribution in [0.15, 0.2) is 24.3 Å². The Morgan fingerprint density at radius 1 is 1.14 bits per heavy atom. The number of benzene rings is 1. The first-order valence-electron chi connectivity index (χ1n) is 6.31. The van der Waals surface area contributed by atoms with Gasteiger partial charge in [0.1, 0.15) is 29.0 Å². The highest BCUT2D eigenvalue weighted by atomic mass is 35.5. The molecule has 22 heavy (non-hydrogen) atoms. The van der Waals surface area contributed by atoms with Crippen LogP contribution >= 0.6 is 11.6 Å². The van der Waals surface area contributed by atoms with E-state index in [0.29, 0.717) is 27.3 Å². The summed E-state index contributed by atoms with van der Waals surface area (Å²) in [6.45, 7) is 1.74. The molecule has 1 aromatic carbocycles. The number of aromatic nitrogens is 3. The molecular weight excluding hydrogens is 300 g/mol. The molecule has 0 aliphatic heterocycles. The molecule has 0 saturated carbocycles. The van der Waals surface area contributed by atoms with Crippen molar-refractivity contribution in [2.75, 3.05) is 5.73 Å². The number of anilines is 1. The topological polar surface area (TPSA) is 104 Å². The van der Waals surface area contributed by atoms with Gasteiger partial charge >= 0.3 is 0 Å². The van der Waals surface area contributed by atoms with Gasteiger partial charge in [-0.15, -0.1) is 0 Å². The van der Waals surface area contributed by atoms with Crippen LogP contribution in [0.3, 0.4) is 0 Å². The zero-order valence-corrected chi connectivity index (χ0v) is 12.3. The fourth-order valence-corrected chi connectivity index (χ4v) is 2.39. The van der Waals surface area contributed by atoms with Gasteiger partial charge in [-0.2, -0.15) is 15.6 Å². The van der Waals surface area contributed by atoms with E-state index in [4.69, 9.17) is 22.6 Å². The minimum atomic E-state index is 0.0969. The van der Waals surface area contributed by atoms with Crippen LogP contribution in [0.1, 0.15) is 16.8 Å². The highest BCUT2D eigenvalue weighted by Crippen LogP contribution is 2.27. The molecule has 6 nitrogen and oxygen atoms in total. The summed E-state index contributed by atoms with van der Waals surface area (Å²) in [5.74, 6) is 0.0969. The molecule has 2 heterocycles. The summed E-state index contributed by atoms with van der Waals surface area (Å²) in [5.41, 5.74) is 8.47. The summed E-state index contributed by atoms with van der Waals surface area (Å²) in [4.78, 5) is 4.17. The Morgan fingerprint density at radius 2 is 1.82 bits per heavy atom. The van der Waals surface area contributed by atoms with Gasteiger partial charge in [0.15, 0.2) is 5.69 Å². The predicted octanol–water partition coefficient (Wildman–Crippen LogP) is 2.71. The largest absolute Gasteiger partial charge is 0.383 e. The Kier molecular flexibility index (Phi) is 3.17. The fraction of sp³-hybridized carbons (Fsp3) is 0.0667. The third-order valence-corrected chi connectivity index (χ3v) is 3.62. The molecule has 0 spiro atoms. The molecule has 0 aliphatic rings. The van der Waals surface area contributed by atoms with Crippen LogP contribution in [-0.4, -0.2) is 14.8 Å². The third-order valence-electron chi connectivity index (χ3n) is 3.37. The second kappa shape index (κ2) is 5.03. The normalized spacial score (nSPS) is 10.4. The number of nitrogens with zero attached hydrogens (tertiary/aromatic N) is 5. The van der Waals surface area contributed by atoms with E-state index in [2.05, 4.69) is 16.2 Å². The number of aryl methyl sites for hydroxylation is 1. The van der Waals surface area contributed by atoms with Gasteiger partial charge in [0.05, 0.1) is 11.3 Å². The number of nitriles is 2. The predicted molar refractivity (Wildman–Crippen MR) is 82.5 cm³/mol. The standard InChI is InChI=1S/C15H9ClN6/c1-8-11(6-17)15(19)20-14-12(7-18)22(21-13(8)14)10-4-2-9(16)3-5-10/h2-5H,1H3,(H2,19,20). The molecule has 3 aromatic rings. The highest BCUT2D eigenvalue weighted by molar-refractivity contribution is 6.30. The number of nitrogen functional groups attached to an aromatic ring is 1. The van der Waals surface area contributed by atoms with E-state index in [1.807, 2.05) is 6.07 Å². The quantitative estimate of drug-likeness (QED) is 0.744. The molecule has 0 saturated heterocycles. The van der Waals surface area contributed by atoms with Crippen molar-refractivity contribution in [3.05, 3.63) is 46.1 Å². The highest BCUT2D eigenvalue weighted by Gasteiger charge is 2.19. The lowest BCUT2D eigenvalue weighted by Gasteiger charge is -2.01. The van der Waals surface area contributed by atoms with Gasteiger partial charge in [-0.25, -0.2) is 9.67 Å². The molecule has 0 atom stereocenters. The molecule has 7 heteroatoms. The fourth-order valence-electron chi connectivity index (χ4n) is 2.27. The summed E-state index contributed by atoms with van der Waals surface area (Å²) in [5, 5.41) is 23.6. The van der Waals surface area contributed by atoms with Gasteiger partial charge in [-0.05, 0) is 31.2 Å². The van der Waals surface area contributed by atoms with Crippen molar-refractivity contribution in [1.29, 1.82) is 10.5 Å². The maximum absolute atomic E-state index is 9.45. The minimum Gasteiger partial charge on any atom is -0.383 e. The number of halogens is 1. The second-order valence-corrected chi connectivity index (χ2v) is 5.09. The molecular formula is C15H9ClN6. The van der Waals surface area contributed by atoms with E-state index < -0.39 is 0 Å². The Balaban J connectivity index is 2.38. The summed E-state index contributed by atoms with van der Waals surface area (Å²) in [7, 11) is 0. The van der Waals surface area contributed by atoms with E-state index in [-0.39, 0.29) is 17.1 Å². The second-order valence-electron chi connectivity index (χ2n) is 4.65. The average Bonchev–Trinajstić information content (AvgIpc) is 2.87. The monoisotopic (exact) mass is 308 g/mol. The maximum atomic E-state index is 9.45. The smallest absolute Gasteiger partial charge is 0.170 e. The Hall–Kier alpha value is -3.09. The molecule has 106 valence electrons. The summed E-state index contributed by atoms with van der Waals surface area (Å²) in [6, 6.07) is 11.0. The molecule has 0 amide bonds. The van der Waals surface area contributed by atoms with Crippen LogP contribution in [0.5, 0.6) is 0 Å². The van der Waals surface area contributed by atoms with Crippen LogP contribution in [-0.2, 0) is 0 Å². The van der Waals surface area contributed by atoms with E-state index in [9.17, 15) is 5.26 Å². The Morgan fingerprint density at radius 3 is 2.41 bits per heavy atom. The molecule has 0 fully saturated rings. The van der Waals surface area contributed by atoms with Crippen LogP contribution in [0.25, 0.3) is 16.7 Å². The lowest BCUT2D eigenvalue weighted by atomic mass is 10.1. The van der Waals surface area contributed by atoms with Crippen LogP contribution in [0.2, 0.25) is 5.02 Å². The van der Waals surface area contributed by atoms with Crippen molar-refractivity contribution < 1.29 is 0 Å². The molecule has 3 rings (SSSR count). The SMILES string of the molecule is Cc1c(C#N)c(N)nc2c(C#N)n(-c3ccc(Cl)cc3)nc12. The van der Waals surface area contributed by atoms with Crippen molar-refractivity contribution in [1.82, 2.24) is 14.8 Å². The Bertz CT molecular complexity index is 973. The van der Waals surface area contributed by atoms with E-state index >= 15 is 0 Å². The van der Waals surface area contributed by atoms with Gasteiger partial charge in [0.25, 0.3) is 0 Å². The van der Waals surface area contributed by atoms with Crippen molar-refractivity contribution >= 4 is 28.5 Å². The molecule has 2 aromatic heterocycles. The van der Waals surface area contributed by atoms with Gasteiger partial charge in [-0.3, -0.25) is 0 Å². The molecule has 0 unspecified atom stereocenters. The van der Waals surface area contributed by atoms with Gasteiger partial charge in [0, 0.05) is 10.6 Å². The molecule has 0 bridgehead atoms. The van der Waals surface area contributed by atoms with Gasteiger partial charge in [0.2, 0.25) is 0 Å².